The molecule has 28 heavy (non-hydrogen) atoms. The molecule has 1 aliphatic rings. The van der Waals surface area contributed by atoms with E-state index in [-0.39, 0.29) is 5.91 Å². The first kappa shape index (κ1) is 18.9. The zero-order valence-electron chi connectivity index (χ0n) is 15.0. The van der Waals surface area contributed by atoms with Gasteiger partial charge in [0, 0.05) is 21.5 Å². The van der Waals surface area contributed by atoms with E-state index in [1.54, 1.807) is 0 Å². The monoisotopic (exact) mass is 452 g/mol. The predicted molar refractivity (Wildman–Crippen MR) is 117 cm³/mol. The third kappa shape index (κ3) is 3.48. The molecule has 1 heterocycles. The number of carbonyl (C=O) groups is 1. The molecular weight excluding hydrogens is 435 g/mol. The molecule has 3 aromatic carbocycles. The standard InChI is InChI=1S/C22H18BrN2O2P/c23-17-13-11-16(12-14-17)20-15-21(22(26)25-24-20)28(27,18-7-3-1-4-8-18)19-9-5-2-6-10-19/h1-14,21H,15H2,(H,25,26)/t21-/m0/s1. The van der Waals surface area contributed by atoms with Crippen LogP contribution in [-0.4, -0.2) is 17.3 Å². The predicted octanol–water partition coefficient (Wildman–Crippen LogP) is 4.06. The lowest BCUT2D eigenvalue weighted by atomic mass is 10.0. The van der Waals surface area contributed by atoms with Gasteiger partial charge in [0.2, 0.25) is 0 Å². The molecule has 0 aromatic heterocycles. The summed E-state index contributed by atoms with van der Waals surface area (Å²) in [5, 5.41) is 5.60. The van der Waals surface area contributed by atoms with E-state index in [2.05, 4.69) is 26.5 Å². The second-order valence-corrected chi connectivity index (χ2v) is 10.5. The lowest BCUT2D eigenvalue weighted by Crippen LogP contribution is -2.42. The minimum absolute atomic E-state index is 0.308. The van der Waals surface area contributed by atoms with E-state index >= 15 is 0 Å². The molecule has 0 saturated heterocycles. The maximum Gasteiger partial charge on any atom is 0.251 e. The molecule has 1 amide bonds. The van der Waals surface area contributed by atoms with Crippen LogP contribution in [-0.2, 0) is 9.36 Å². The fourth-order valence-corrected chi connectivity index (χ4v) is 6.78. The molecule has 0 spiro atoms. The van der Waals surface area contributed by atoms with Crippen molar-refractivity contribution in [2.24, 2.45) is 5.10 Å². The van der Waals surface area contributed by atoms with E-state index in [1.165, 1.54) is 0 Å². The van der Waals surface area contributed by atoms with E-state index in [1.807, 2.05) is 84.9 Å². The van der Waals surface area contributed by atoms with Gasteiger partial charge in [0.05, 0.1) is 5.71 Å². The Hall–Kier alpha value is -2.49. The van der Waals surface area contributed by atoms with Crippen LogP contribution < -0.4 is 16.0 Å². The van der Waals surface area contributed by atoms with E-state index in [4.69, 9.17) is 0 Å². The summed E-state index contributed by atoms with van der Waals surface area (Å²) in [4.78, 5) is 12.8. The number of carbonyl (C=O) groups excluding carboxylic acids is 1. The largest absolute Gasteiger partial charge is 0.313 e. The zero-order chi connectivity index (χ0) is 19.6. The van der Waals surface area contributed by atoms with E-state index in [0.717, 1.165) is 15.7 Å². The van der Waals surface area contributed by atoms with Crippen molar-refractivity contribution in [2.75, 3.05) is 0 Å². The van der Waals surface area contributed by atoms with Crippen LogP contribution in [0.1, 0.15) is 12.0 Å². The molecule has 1 atom stereocenters. The van der Waals surface area contributed by atoms with Crippen molar-refractivity contribution < 1.29 is 9.36 Å². The first-order chi connectivity index (χ1) is 13.6. The van der Waals surface area contributed by atoms with Gasteiger partial charge in [-0.25, -0.2) is 5.43 Å². The van der Waals surface area contributed by atoms with Crippen LogP contribution in [0, 0.1) is 0 Å². The lowest BCUT2D eigenvalue weighted by Gasteiger charge is -2.30. The number of hydrazone groups is 1. The first-order valence-corrected chi connectivity index (χ1v) is 11.5. The highest BCUT2D eigenvalue weighted by molar-refractivity contribution is 9.10. The van der Waals surface area contributed by atoms with Crippen molar-refractivity contribution in [3.05, 3.63) is 95.0 Å². The molecule has 4 nitrogen and oxygen atoms in total. The van der Waals surface area contributed by atoms with Gasteiger partial charge in [-0.3, -0.25) is 4.79 Å². The van der Waals surface area contributed by atoms with Crippen LogP contribution in [0.15, 0.2) is 94.5 Å². The molecule has 0 bridgehead atoms. The number of rotatable bonds is 4. The summed E-state index contributed by atoms with van der Waals surface area (Å²) in [6.07, 6.45) is 0.314. The van der Waals surface area contributed by atoms with Crippen LogP contribution in [0.2, 0.25) is 0 Å². The smallest absolute Gasteiger partial charge is 0.251 e. The number of halogens is 1. The van der Waals surface area contributed by atoms with Crippen molar-refractivity contribution in [2.45, 2.75) is 12.1 Å². The van der Waals surface area contributed by atoms with Crippen LogP contribution >= 0.6 is 23.1 Å². The summed E-state index contributed by atoms with van der Waals surface area (Å²) in [5.41, 5.74) is 3.52. The van der Waals surface area contributed by atoms with Gasteiger partial charge in [0.15, 0.2) is 7.14 Å². The van der Waals surface area contributed by atoms with Crippen molar-refractivity contribution in [3.63, 3.8) is 0 Å². The van der Waals surface area contributed by atoms with Gasteiger partial charge in [-0.2, -0.15) is 5.10 Å². The quantitative estimate of drug-likeness (QED) is 0.606. The minimum atomic E-state index is -3.23. The Morgan fingerprint density at radius 3 is 1.93 bits per heavy atom. The van der Waals surface area contributed by atoms with Gasteiger partial charge in [-0.1, -0.05) is 88.7 Å². The second kappa shape index (κ2) is 7.86. The van der Waals surface area contributed by atoms with Crippen molar-refractivity contribution >= 4 is 45.3 Å². The number of nitrogens with zero attached hydrogens (tertiary/aromatic N) is 1. The Bertz CT molecular complexity index is 1020. The van der Waals surface area contributed by atoms with Gasteiger partial charge in [-0.05, 0) is 17.7 Å². The Balaban J connectivity index is 1.80. The maximum atomic E-state index is 14.5. The number of hydrogen-bond donors (Lipinski definition) is 1. The molecule has 140 valence electrons. The molecule has 0 radical (unpaired) electrons. The second-order valence-electron chi connectivity index (χ2n) is 6.59. The Morgan fingerprint density at radius 1 is 0.857 bits per heavy atom. The topological polar surface area (TPSA) is 58.5 Å². The number of amides is 1. The van der Waals surface area contributed by atoms with Crippen LogP contribution in [0.5, 0.6) is 0 Å². The molecule has 1 N–H and O–H groups in total. The first-order valence-electron chi connectivity index (χ1n) is 8.92. The Labute approximate surface area is 172 Å². The van der Waals surface area contributed by atoms with Gasteiger partial charge in [0.25, 0.3) is 5.91 Å². The average molecular weight is 453 g/mol. The third-order valence-corrected chi connectivity index (χ3v) is 8.84. The SMILES string of the molecule is O=C1NN=C(c2ccc(Br)cc2)C[C@@H]1P(=O)(c1ccccc1)c1ccccc1. The van der Waals surface area contributed by atoms with Gasteiger partial charge >= 0.3 is 0 Å². The molecule has 0 saturated carbocycles. The molecule has 6 heteroatoms. The minimum Gasteiger partial charge on any atom is -0.313 e. The summed E-state index contributed by atoms with van der Waals surface area (Å²) >= 11 is 3.43. The van der Waals surface area contributed by atoms with Gasteiger partial charge in [0.1, 0.15) is 5.66 Å². The average Bonchev–Trinajstić information content (AvgIpc) is 2.75. The maximum absolute atomic E-state index is 14.5. The lowest BCUT2D eigenvalue weighted by molar-refractivity contribution is -0.120. The third-order valence-electron chi connectivity index (χ3n) is 4.89. The van der Waals surface area contributed by atoms with Crippen LogP contribution in [0.3, 0.4) is 0 Å². The van der Waals surface area contributed by atoms with Crippen molar-refractivity contribution in [1.29, 1.82) is 0 Å². The van der Waals surface area contributed by atoms with Crippen LogP contribution in [0.25, 0.3) is 0 Å². The number of nitrogens with one attached hydrogen (secondary N) is 1. The van der Waals surface area contributed by atoms with Gasteiger partial charge in [-0.15, -0.1) is 0 Å². The fourth-order valence-electron chi connectivity index (χ4n) is 3.44. The van der Waals surface area contributed by atoms with E-state index in [0.29, 0.717) is 17.0 Å². The fraction of sp³-hybridized carbons (Fsp3) is 0.0909. The van der Waals surface area contributed by atoms with Crippen molar-refractivity contribution in [1.82, 2.24) is 5.43 Å². The molecule has 3 aromatic rings. The van der Waals surface area contributed by atoms with Gasteiger partial charge < -0.3 is 4.57 Å². The Morgan fingerprint density at radius 2 is 1.39 bits per heavy atom. The Kier molecular flexibility index (Phi) is 5.29. The summed E-state index contributed by atoms with van der Waals surface area (Å²) in [5.74, 6) is -0.308. The zero-order valence-corrected chi connectivity index (χ0v) is 17.4. The molecule has 0 fully saturated rings. The summed E-state index contributed by atoms with van der Waals surface area (Å²) in [7, 11) is -3.23. The molecule has 1 aliphatic heterocycles. The highest BCUT2D eigenvalue weighted by Crippen LogP contribution is 2.51. The molecular formula is C22H18BrN2O2P. The number of benzene rings is 3. The highest BCUT2D eigenvalue weighted by Gasteiger charge is 2.43. The molecule has 4 rings (SSSR count). The number of hydrogen-bond acceptors (Lipinski definition) is 3. The van der Waals surface area contributed by atoms with E-state index < -0.39 is 12.8 Å². The summed E-state index contributed by atoms with van der Waals surface area (Å²) in [6.45, 7) is 0. The molecule has 0 unspecified atom stereocenters. The van der Waals surface area contributed by atoms with Crippen LogP contribution in [0.4, 0.5) is 0 Å². The molecule has 0 aliphatic carbocycles. The van der Waals surface area contributed by atoms with Crippen molar-refractivity contribution in [3.8, 4) is 0 Å². The summed E-state index contributed by atoms with van der Waals surface area (Å²) in [6, 6.07) is 26.3. The highest BCUT2D eigenvalue weighted by atomic mass is 79.9. The normalized spacial score (nSPS) is 17.0. The summed E-state index contributed by atoms with van der Waals surface area (Å²) < 4.78 is 15.5. The van der Waals surface area contributed by atoms with E-state index in [9.17, 15) is 9.36 Å².